The van der Waals surface area contributed by atoms with Crippen LogP contribution >= 0.6 is 0 Å². The lowest BCUT2D eigenvalue weighted by Crippen LogP contribution is -1.78. The summed E-state index contributed by atoms with van der Waals surface area (Å²) in [5.41, 5.74) is 1.54. The highest BCUT2D eigenvalue weighted by atomic mass is 13.9. The number of rotatable bonds is 0. The van der Waals surface area contributed by atoms with Crippen LogP contribution < -0.4 is 0 Å². The van der Waals surface area contributed by atoms with Crippen LogP contribution in [0.2, 0.25) is 0 Å². The van der Waals surface area contributed by atoms with Crippen molar-refractivity contribution in [1.29, 1.82) is 0 Å². The fourth-order valence-electron chi connectivity index (χ4n) is 1.50. The fourth-order valence-corrected chi connectivity index (χ4v) is 1.50. The zero-order chi connectivity index (χ0) is 9.36. The van der Waals surface area contributed by atoms with E-state index in [0.29, 0.717) is 0 Å². The van der Waals surface area contributed by atoms with Gasteiger partial charge in [0, 0.05) is 0 Å². The molecule has 0 aliphatic heterocycles. The third kappa shape index (κ3) is 5.46. The summed E-state index contributed by atoms with van der Waals surface area (Å²) in [6, 6.07) is 0. The molecule has 0 radical (unpaired) electrons. The molecule has 0 nitrogen and oxygen atoms in total. The van der Waals surface area contributed by atoms with Crippen molar-refractivity contribution in [2.24, 2.45) is 0 Å². The lowest BCUT2D eigenvalue weighted by molar-refractivity contribution is 0.921. The summed E-state index contributed by atoms with van der Waals surface area (Å²) in [4.78, 5) is 0. The fraction of sp³-hybridized carbons (Fsp3) is 0.538. The Morgan fingerprint density at radius 2 is 1.31 bits per heavy atom. The van der Waals surface area contributed by atoms with Crippen LogP contribution in [0, 0.1) is 0 Å². The molecule has 0 N–H and O–H groups in total. The van der Waals surface area contributed by atoms with Crippen molar-refractivity contribution in [3.63, 3.8) is 0 Å². The molecule has 1 aliphatic rings. The van der Waals surface area contributed by atoms with E-state index in [1.165, 1.54) is 38.5 Å². The molecule has 0 heteroatoms. The molecule has 1 aliphatic carbocycles. The Bertz CT molecular complexity index is 206. The zero-order valence-corrected chi connectivity index (χ0v) is 8.63. The highest BCUT2D eigenvalue weighted by Crippen LogP contribution is 2.09. The van der Waals surface area contributed by atoms with Crippen LogP contribution in [0.4, 0.5) is 0 Å². The van der Waals surface area contributed by atoms with Gasteiger partial charge in [0.1, 0.15) is 0 Å². The predicted molar refractivity (Wildman–Crippen MR) is 59.7 cm³/mol. The molecule has 0 aromatic rings. The van der Waals surface area contributed by atoms with Gasteiger partial charge in [-0.25, -0.2) is 0 Å². The summed E-state index contributed by atoms with van der Waals surface area (Å²) in [5.74, 6) is 0. The topological polar surface area (TPSA) is 0 Å². The Balaban J connectivity index is 2.42. The van der Waals surface area contributed by atoms with Crippen LogP contribution in [0.15, 0.2) is 36.0 Å². The van der Waals surface area contributed by atoms with Gasteiger partial charge in [-0.3, -0.25) is 0 Å². The molecule has 72 valence electrons. The van der Waals surface area contributed by atoms with Crippen LogP contribution in [-0.4, -0.2) is 0 Å². The highest BCUT2D eigenvalue weighted by molar-refractivity contribution is 5.02. The highest BCUT2D eigenvalue weighted by Gasteiger charge is 1.88. The minimum absolute atomic E-state index is 1.21. The molecule has 1 rings (SSSR count). The predicted octanol–water partition coefficient (Wildman–Crippen LogP) is 4.40. The Morgan fingerprint density at radius 1 is 0.769 bits per heavy atom. The average molecular weight is 176 g/mol. The Kier molecular flexibility index (Phi) is 5.31. The second kappa shape index (κ2) is 6.71. The van der Waals surface area contributed by atoms with Crippen molar-refractivity contribution in [1.82, 2.24) is 0 Å². The van der Waals surface area contributed by atoms with Gasteiger partial charge in [-0.1, -0.05) is 36.0 Å². The first kappa shape index (κ1) is 10.3. The largest absolute Gasteiger partial charge is 0.0882 e. The molecule has 0 saturated heterocycles. The van der Waals surface area contributed by atoms with Crippen LogP contribution in [0.25, 0.3) is 0 Å². The van der Waals surface area contributed by atoms with Gasteiger partial charge in [-0.15, -0.1) is 0 Å². The van der Waals surface area contributed by atoms with Gasteiger partial charge in [0.25, 0.3) is 0 Å². The quantitative estimate of drug-likeness (QED) is 0.480. The van der Waals surface area contributed by atoms with E-state index in [-0.39, 0.29) is 0 Å². The Hall–Kier alpha value is -0.780. The van der Waals surface area contributed by atoms with Gasteiger partial charge in [0.05, 0.1) is 0 Å². The molecule has 0 aromatic heterocycles. The molecule has 0 amide bonds. The second-order valence-corrected chi connectivity index (χ2v) is 3.69. The molecule has 0 spiro atoms. The molecule has 0 fully saturated rings. The summed E-state index contributed by atoms with van der Waals surface area (Å²) in [7, 11) is 0. The van der Waals surface area contributed by atoms with E-state index < -0.39 is 0 Å². The first-order valence-corrected chi connectivity index (χ1v) is 5.35. The normalized spacial score (nSPS) is 29.2. The van der Waals surface area contributed by atoms with Gasteiger partial charge < -0.3 is 0 Å². The van der Waals surface area contributed by atoms with E-state index in [1.807, 2.05) is 0 Å². The number of hydrogen-bond donors (Lipinski definition) is 0. The standard InChI is InChI=1S/C13H20/c1-13-11-9-7-5-3-2-4-6-8-10-12-13/h3,5-6,8,11H,2,4,7,9-10,12H2,1H3/b5-3-,8-6+,13-11+. The molecule has 0 aromatic carbocycles. The third-order valence-corrected chi connectivity index (χ3v) is 2.36. The van der Waals surface area contributed by atoms with Gasteiger partial charge in [-0.2, -0.15) is 0 Å². The summed E-state index contributed by atoms with van der Waals surface area (Å²) < 4.78 is 0. The minimum Gasteiger partial charge on any atom is -0.0882 e. The molecule has 13 heavy (non-hydrogen) atoms. The van der Waals surface area contributed by atoms with Crippen LogP contribution in [0.1, 0.15) is 45.4 Å². The Morgan fingerprint density at radius 3 is 2.00 bits per heavy atom. The van der Waals surface area contributed by atoms with Crippen molar-refractivity contribution in [2.75, 3.05) is 0 Å². The maximum absolute atomic E-state index is 2.37. The molecule has 0 heterocycles. The molecular weight excluding hydrogens is 156 g/mol. The second-order valence-electron chi connectivity index (χ2n) is 3.69. The van der Waals surface area contributed by atoms with E-state index in [1.54, 1.807) is 5.57 Å². The average Bonchev–Trinajstić information content (AvgIpc) is 2.11. The SMILES string of the molecule is C/C1=C\CC/C=C\CC/C=C/CC1. The smallest absolute Gasteiger partial charge is 0.0288 e. The summed E-state index contributed by atoms with van der Waals surface area (Å²) >= 11 is 0. The van der Waals surface area contributed by atoms with Crippen LogP contribution in [0.5, 0.6) is 0 Å². The van der Waals surface area contributed by atoms with Crippen molar-refractivity contribution in [3.05, 3.63) is 36.0 Å². The van der Waals surface area contributed by atoms with Crippen molar-refractivity contribution in [2.45, 2.75) is 45.4 Å². The first-order chi connectivity index (χ1) is 6.39. The van der Waals surface area contributed by atoms with E-state index in [4.69, 9.17) is 0 Å². The molecule has 0 bridgehead atoms. The molecule has 0 atom stereocenters. The summed E-state index contributed by atoms with van der Waals surface area (Å²) in [5, 5.41) is 0. The van der Waals surface area contributed by atoms with E-state index in [2.05, 4.69) is 37.3 Å². The van der Waals surface area contributed by atoms with Gasteiger partial charge >= 0.3 is 0 Å². The maximum Gasteiger partial charge on any atom is -0.0288 e. The maximum atomic E-state index is 2.37. The van der Waals surface area contributed by atoms with Crippen molar-refractivity contribution < 1.29 is 0 Å². The summed E-state index contributed by atoms with van der Waals surface area (Å²) in [6.45, 7) is 2.24. The van der Waals surface area contributed by atoms with E-state index in [0.717, 1.165) is 0 Å². The number of hydrogen-bond acceptors (Lipinski definition) is 0. The van der Waals surface area contributed by atoms with Crippen LogP contribution in [0.3, 0.4) is 0 Å². The monoisotopic (exact) mass is 176 g/mol. The van der Waals surface area contributed by atoms with Crippen molar-refractivity contribution in [3.8, 4) is 0 Å². The lowest BCUT2D eigenvalue weighted by Gasteiger charge is -1.98. The molecule has 0 unspecified atom stereocenters. The van der Waals surface area contributed by atoms with Gasteiger partial charge in [-0.05, 0) is 45.4 Å². The first-order valence-electron chi connectivity index (χ1n) is 5.35. The van der Waals surface area contributed by atoms with Crippen LogP contribution in [-0.2, 0) is 0 Å². The molecule has 0 saturated carbocycles. The van der Waals surface area contributed by atoms with Crippen molar-refractivity contribution >= 4 is 0 Å². The third-order valence-electron chi connectivity index (χ3n) is 2.36. The number of allylic oxidation sites excluding steroid dienone is 6. The van der Waals surface area contributed by atoms with E-state index >= 15 is 0 Å². The zero-order valence-electron chi connectivity index (χ0n) is 8.63. The Labute approximate surface area is 82.0 Å². The van der Waals surface area contributed by atoms with Gasteiger partial charge in [0.15, 0.2) is 0 Å². The molecular formula is C13H20. The lowest BCUT2D eigenvalue weighted by atomic mass is 10.1. The minimum atomic E-state index is 1.21. The van der Waals surface area contributed by atoms with Gasteiger partial charge in [0.2, 0.25) is 0 Å². The van der Waals surface area contributed by atoms with E-state index in [9.17, 15) is 0 Å². The summed E-state index contributed by atoms with van der Waals surface area (Å²) in [6.07, 6.45) is 18.9.